The summed E-state index contributed by atoms with van der Waals surface area (Å²) >= 11 is 0. The van der Waals surface area contributed by atoms with Gasteiger partial charge in [0.15, 0.2) is 0 Å². The monoisotopic (exact) mass is 256 g/mol. The van der Waals surface area contributed by atoms with Crippen molar-refractivity contribution in [3.05, 3.63) is 29.8 Å². The van der Waals surface area contributed by atoms with Crippen LogP contribution in [-0.4, -0.2) is 31.3 Å². The van der Waals surface area contributed by atoms with Gasteiger partial charge in [0, 0.05) is 11.1 Å². The number of benzene rings is 1. The summed E-state index contributed by atoms with van der Waals surface area (Å²) in [5.41, 5.74) is 4.50. The molecular formula is C17H24N2. The van der Waals surface area contributed by atoms with Crippen LogP contribution >= 0.6 is 0 Å². The van der Waals surface area contributed by atoms with Crippen LogP contribution < -0.4 is 0 Å². The van der Waals surface area contributed by atoms with Gasteiger partial charge in [0.05, 0.1) is 5.69 Å². The zero-order valence-corrected chi connectivity index (χ0v) is 12.2. The van der Waals surface area contributed by atoms with Gasteiger partial charge in [0.2, 0.25) is 0 Å². The van der Waals surface area contributed by atoms with E-state index in [1.165, 1.54) is 62.0 Å². The van der Waals surface area contributed by atoms with Gasteiger partial charge in [-0.05, 0) is 64.4 Å². The number of fused-ring (bicyclic) bond motifs is 3. The Hall–Kier alpha value is -1.15. The van der Waals surface area contributed by atoms with Gasteiger partial charge < -0.3 is 4.90 Å². The topological polar surface area (TPSA) is 15.6 Å². The molecule has 19 heavy (non-hydrogen) atoms. The standard InChI is InChI=1S/C17H24N2/c1-19(2)13-7-12-17-11-6-5-10-16(17)18-15-9-4-3-8-14(15)17/h3-4,8-9H,5-7,10-13H2,1-2H3. The van der Waals surface area contributed by atoms with Gasteiger partial charge in [0.25, 0.3) is 0 Å². The zero-order valence-electron chi connectivity index (χ0n) is 12.2. The van der Waals surface area contributed by atoms with E-state index in [9.17, 15) is 0 Å². The van der Waals surface area contributed by atoms with Crippen LogP contribution in [0, 0.1) is 0 Å². The summed E-state index contributed by atoms with van der Waals surface area (Å²) in [5, 5.41) is 0. The van der Waals surface area contributed by atoms with Gasteiger partial charge in [-0.2, -0.15) is 0 Å². The Labute approximate surface area is 116 Å². The smallest absolute Gasteiger partial charge is 0.0670 e. The lowest BCUT2D eigenvalue weighted by Crippen LogP contribution is -2.36. The van der Waals surface area contributed by atoms with Gasteiger partial charge in [-0.3, -0.25) is 4.99 Å². The first-order chi connectivity index (χ1) is 9.22. The van der Waals surface area contributed by atoms with E-state index < -0.39 is 0 Å². The molecular weight excluding hydrogens is 232 g/mol. The number of hydrogen-bond acceptors (Lipinski definition) is 2. The van der Waals surface area contributed by atoms with Gasteiger partial charge >= 0.3 is 0 Å². The molecule has 0 saturated heterocycles. The van der Waals surface area contributed by atoms with E-state index >= 15 is 0 Å². The normalized spacial score (nSPS) is 25.1. The fraction of sp³-hybridized carbons (Fsp3) is 0.588. The summed E-state index contributed by atoms with van der Waals surface area (Å²) < 4.78 is 0. The highest BCUT2D eigenvalue weighted by atomic mass is 15.0. The molecule has 1 aromatic carbocycles. The quantitative estimate of drug-likeness (QED) is 0.797. The summed E-state index contributed by atoms with van der Waals surface area (Å²) in [5.74, 6) is 0. The van der Waals surface area contributed by atoms with Gasteiger partial charge in [-0.25, -0.2) is 0 Å². The Morgan fingerprint density at radius 3 is 2.89 bits per heavy atom. The molecule has 2 nitrogen and oxygen atoms in total. The molecule has 0 radical (unpaired) electrons. The molecule has 1 atom stereocenters. The maximum atomic E-state index is 4.95. The molecule has 0 spiro atoms. The molecule has 1 aliphatic carbocycles. The van der Waals surface area contributed by atoms with E-state index in [0.717, 1.165) is 0 Å². The van der Waals surface area contributed by atoms with Crippen molar-refractivity contribution in [2.24, 2.45) is 4.99 Å². The maximum Gasteiger partial charge on any atom is 0.0670 e. The minimum absolute atomic E-state index is 0.283. The first kappa shape index (κ1) is 12.9. The minimum atomic E-state index is 0.283. The van der Waals surface area contributed by atoms with E-state index in [-0.39, 0.29) is 5.41 Å². The molecule has 3 rings (SSSR count). The van der Waals surface area contributed by atoms with Crippen LogP contribution in [0.3, 0.4) is 0 Å². The van der Waals surface area contributed by atoms with Crippen molar-refractivity contribution in [3.8, 4) is 0 Å². The highest BCUT2D eigenvalue weighted by Gasteiger charge is 2.43. The summed E-state index contributed by atoms with van der Waals surface area (Å²) in [7, 11) is 4.33. The van der Waals surface area contributed by atoms with E-state index in [2.05, 4.69) is 43.3 Å². The van der Waals surface area contributed by atoms with E-state index in [1.807, 2.05) is 0 Å². The van der Waals surface area contributed by atoms with E-state index in [4.69, 9.17) is 4.99 Å². The van der Waals surface area contributed by atoms with Crippen LogP contribution in [0.5, 0.6) is 0 Å². The Kier molecular flexibility index (Phi) is 3.44. The van der Waals surface area contributed by atoms with Crippen LogP contribution in [0.4, 0.5) is 5.69 Å². The molecule has 1 aromatic rings. The Morgan fingerprint density at radius 1 is 1.21 bits per heavy atom. The number of para-hydroxylation sites is 1. The predicted molar refractivity (Wildman–Crippen MR) is 81.5 cm³/mol. The summed E-state index contributed by atoms with van der Waals surface area (Å²) in [6.45, 7) is 1.18. The summed E-state index contributed by atoms with van der Waals surface area (Å²) in [6, 6.07) is 8.80. The van der Waals surface area contributed by atoms with Crippen molar-refractivity contribution in [1.82, 2.24) is 4.90 Å². The Morgan fingerprint density at radius 2 is 2.05 bits per heavy atom. The number of hydrogen-bond donors (Lipinski definition) is 0. The molecule has 1 aliphatic heterocycles. The largest absolute Gasteiger partial charge is 0.309 e. The molecule has 2 aliphatic rings. The van der Waals surface area contributed by atoms with E-state index in [1.54, 1.807) is 0 Å². The number of aliphatic imine (C=N–C) groups is 1. The molecule has 2 heteroatoms. The van der Waals surface area contributed by atoms with Crippen molar-refractivity contribution in [2.45, 2.75) is 43.9 Å². The molecule has 0 N–H and O–H groups in total. The zero-order chi connectivity index (χ0) is 13.3. The second-order valence-corrected chi connectivity index (χ2v) is 6.27. The molecule has 102 valence electrons. The lowest BCUT2D eigenvalue weighted by atomic mass is 9.66. The second kappa shape index (κ2) is 5.09. The molecule has 1 saturated carbocycles. The Bertz CT molecular complexity index is 490. The van der Waals surface area contributed by atoms with Crippen LogP contribution in [0.15, 0.2) is 29.3 Å². The van der Waals surface area contributed by atoms with Crippen molar-refractivity contribution >= 4 is 11.4 Å². The average Bonchev–Trinajstić information content (AvgIpc) is 2.73. The van der Waals surface area contributed by atoms with Gasteiger partial charge in [0.1, 0.15) is 0 Å². The highest BCUT2D eigenvalue weighted by molar-refractivity contribution is 6.02. The SMILES string of the molecule is CN(C)CCCC12CCCCC1=Nc1ccccc12. The van der Waals surface area contributed by atoms with Crippen molar-refractivity contribution in [3.63, 3.8) is 0 Å². The maximum absolute atomic E-state index is 4.95. The van der Waals surface area contributed by atoms with Crippen LogP contribution in [-0.2, 0) is 5.41 Å². The molecule has 1 fully saturated rings. The van der Waals surface area contributed by atoms with Crippen LogP contribution in [0.25, 0.3) is 0 Å². The Balaban J connectivity index is 1.88. The third-order valence-electron chi connectivity index (χ3n) is 4.70. The summed E-state index contributed by atoms with van der Waals surface area (Å²) in [6.07, 6.45) is 7.71. The third kappa shape index (κ3) is 2.23. The summed E-state index contributed by atoms with van der Waals surface area (Å²) in [4.78, 5) is 7.24. The first-order valence-corrected chi connectivity index (χ1v) is 7.55. The van der Waals surface area contributed by atoms with Gasteiger partial charge in [-0.1, -0.05) is 24.6 Å². The van der Waals surface area contributed by atoms with E-state index in [0.29, 0.717) is 0 Å². The molecule has 1 unspecified atom stereocenters. The lowest BCUT2D eigenvalue weighted by Gasteiger charge is -2.36. The van der Waals surface area contributed by atoms with Crippen molar-refractivity contribution in [1.29, 1.82) is 0 Å². The molecule has 0 amide bonds. The van der Waals surface area contributed by atoms with Crippen molar-refractivity contribution in [2.75, 3.05) is 20.6 Å². The molecule has 0 aromatic heterocycles. The van der Waals surface area contributed by atoms with Crippen LogP contribution in [0.2, 0.25) is 0 Å². The lowest BCUT2D eigenvalue weighted by molar-refractivity contribution is 0.354. The predicted octanol–water partition coefficient (Wildman–Crippen LogP) is 3.93. The fourth-order valence-electron chi connectivity index (χ4n) is 3.78. The highest BCUT2D eigenvalue weighted by Crippen LogP contribution is 2.49. The van der Waals surface area contributed by atoms with Crippen LogP contribution in [0.1, 0.15) is 44.1 Å². The fourth-order valence-corrected chi connectivity index (χ4v) is 3.78. The second-order valence-electron chi connectivity index (χ2n) is 6.27. The molecule has 1 heterocycles. The number of rotatable bonds is 4. The number of nitrogens with zero attached hydrogens (tertiary/aromatic N) is 2. The first-order valence-electron chi connectivity index (χ1n) is 7.55. The minimum Gasteiger partial charge on any atom is -0.309 e. The average molecular weight is 256 g/mol. The van der Waals surface area contributed by atoms with Crippen molar-refractivity contribution < 1.29 is 0 Å². The third-order valence-corrected chi connectivity index (χ3v) is 4.70. The van der Waals surface area contributed by atoms with Gasteiger partial charge in [-0.15, -0.1) is 0 Å². The molecule has 0 bridgehead atoms.